The lowest BCUT2D eigenvalue weighted by atomic mass is 9.71. The zero-order valence-corrected chi connectivity index (χ0v) is 22.1. The van der Waals surface area contributed by atoms with Gasteiger partial charge in [-0.25, -0.2) is 4.39 Å². The number of halogens is 2. The molecule has 1 saturated heterocycles. The minimum absolute atomic E-state index is 0.0627. The second kappa shape index (κ2) is 12.7. The average Bonchev–Trinajstić information content (AvgIpc) is 2.90. The molecule has 0 unspecified atom stereocenters. The highest BCUT2D eigenvalue weighted by molar-refractivity contribution is 6.32. The summed E-state index contributed by atoms with van der Waals surface area (Å²) in [4.78, 5) is 22.7. The number of carbonyl (C=O) groups is 1. The number of hydrogen-bond donors (Lipinski definition) is 1. The number of alkyl halides is 1. The predicted octanol–water partition coefficient (Wildman–Crippen LogP) is 6.66. The molecule has 3 aromatic rings. The summed E-state index contributed by atoms with van der Waals surface area (Å²) in [5, 5.41) is 10.6. The van der Waals surface area contributed by atoms with Crippen LogP contribution in [0.1, 0.15) is 62.2 Å². The Labute approximate surface area is 222 Å². The Balaban J connectivity index is 1.35. The standard InChI is InChI=1S/C29H35ClFN3O3/c1-37-22-7-8-26-23(17-22)28(24(30)20-33-26)25(31)9-10-29(18-27(35)36)11-15-34(16-12-29)14-3-2-5-21-6-4-13-32-19-21/h4,6-8,13,17,19-20,25H,2-3,5,9-12,14-16,18H2,1H3,(H,35,36)/t25-/m0/s1. The molecule has 0 saturated carbocycles. The molecule has 1 aromatic carbocycles. The number of carboxylic acids is 1. The van der Waals surface area contributed by atoms with E-state index in [-0.39, 0.29) is 17.9 Å². The van der Waals surface area contributed by atoms with E-state index in [1.54, 1.807) is 31.5 Å². The summed E-state index contributed by atoms with van der Waals surface area (Å²) in [6.45, 7) is 2.68. The van der Waals surface area contributed by atoms with E-state index in [0.717, 1.165) is 51.7 Å². The maximum Gasteiger partial charge on any atom is 0.303 e. The largest absolute Gasteiger partial charge is 0.497 e. The van der Waals surface area contributed by atoms with E-state index in [1.165, 1.54) is 11.8 Å². The van der Waals surface area contributed by atoms with Gasteiger partial charge in [0.2, 0.25) is 0 Å². The third-order valence-electron chi connectivity index (χ3n) is 7.67. The van der Waals surface area contributed by atoms with E-state index in [4.69, 9.17) is 16.3 Å². The lowest BCUT2D eigenvalue weighted by Crippen LogP contribution is -2.41. The van der Waals surface area contributed by atoms with Gasteiger partial charge in [0, 0.05) is 29.5 Å². The van der Waals surface area contributed by atoms with Gasteiger partial charge in [-0.15, -0.1) is 0 Å². The van der Waals surface area contributed by atoms with Crippen molar-refractivity contribution in [1.82, 2.24) is 14.9 Å². The Hall–Kier alpha value is -2.77. The molecule has 1 aliphatic heterocycles. The summed E-state index contributed by atoms with van der Waals surface area (Å²) < 4.78 is 21.0. The number of pyridine rings is 2. The van der Waals surface area contributed by atoms with Crippen molar-refractivity contribution < 1.29 is 19.0 Å². The predicted molar refractivity (Wildman–Crippen MR) is 144 cm³/mol. The topological polar surface area (TPSA) is 75.6 Å². The fraction of sp³-hybridized carbons (Fsp3) is 0.483. The van der Waals surface area contributed by atoms with E-state index in [1.807, 2.05) is 12.3 Å². The van der Waals surface area contributed by atoms with Gasteiger partial charge < -0.3 is 14.7 Å². The van der Waals surface area contributed by atoms with Crippen LogP contribution in [0.2, 0.25) is 5.02 Å². The molecule has 2 aromatic heterocycles. The molecule has 3 heterocycles. The number of rotatable bonds is 12. The van der Waals surface area contributed by atoms with Crippen LogP contribution in [-0.4, -0.2) is 52.7 Å². The normalized spacial score (nSPS) is 16.5. The van der Waals surface area contributed by atoms with E-state index < -0.39 is 17.6 Å². The Morgan fingerprint density at radius 3 is 2.76 bits per heavy atom. The number of aryl methyl sites for hydroxylation is 1. The first-order valence-corrected chi connectivity index (χ1v) is 13.4. The first kappa shape index (κ1) is 27.3. The minimum Gasteiger partial charge on any atom is -0.497 e. The Kier molecular flexibility index (Phi) is 9.33. The first-order valence-electron chi connectivity index (χ1n) is 13.0. The number of aromatic nitrogens is 2. The van der Waals surface area contributed by atoms with Crippen LogP contribution >= 0.6 is 11.6 Å². The fourth-order valence-corrected chi connectivity index (χ4v) is 5.76. The molecule has 0 radical (unpaired) electrons. The van der Waals surface area contributed by atoms with E-state index in [0.29, 0.717) is 28.6 Å². The molecule has 198 valence electrons. The summed E-state index contributed by atoms with van der Waals surface area (Å²) in [6, 6.07) is 9.40. The van der Waals surface area contributed by atoms with E-state index in [9.17, 15) is 9.90 Å². The highest BCUT2D eigenvalue weighted by atomic mass is 35.5. The van der Waals surface area contributed by atoms with Gasteiger partial charge in [0.25, 0.3) is 0 Å². The molecular weight excluding hydrogens is 493 g/mol. The van der Waals surface area contributed by atoms with Gasteiger partial charge in [-0.3, -0.25) is 14.8 Å². The fourth-order valence-electron chi connectivity index (χ4n) is 5.49. The second-order valence-corrected chi connectivity index (χ2v) is 10.5. The van der Waals surface area contributed by atoms with Gasteiger partial charge in [-0.05, 0) is 99.8 Å². The van der Waals surface area contributed by atoms with Gasteiger partial charge >= 0.3 is 5.97 Å². The van der Waals surface area contributed by atoms with Crippen LogP contribution in [0.25, 0.3) is 10.9 Å². The van der Waals surface area contributed by atoms with Crippen molar-refractivity contribution >= 4 is 28.5 Å². The van der Waals surface area contributed by atoms with Crippen molar-refractivity contribution in [1.29, 1.82) is 0 Å². The summed E-state index contributed by atoms with van der Waals surface area (Å²) in [6.07, 6.45) is 9.36. The van der Waals surface area contributed by atoms with Crippen LogP contribution in [0, 0.1) is 5.41 Å². The Morgan fingerprint density at radius 2 is 2.05 bits per heavy atom. The van der Waals surface area contributed by atoms with Gasteiger partial charge in [0.15, 0.2) is 0 Å². The number of methoxy groups -OCH3 is 1. The number of piperidine rings is 1. The lowest BCUT2D eigenvalue weighted by Gasteiger charge is -2.41. The summed E-state index contributed by atoms with van der Waals surface area (Å²) in [5.74, 6) is -0.211. The zero-order chi connectivity index (χ0) is 26.3. The number of ether oxygens (including phenoxy) is 1. The van der Waals surface area contributed by atoms with Gasteiger partial charge in [-0.1, -0.05) is 17.7 Å². The van der Waals surface area contributed by atoms with Crippen LogP contribution in [0.15, 0.2) is 48.9 Å². The van der Waals surface area contributed by atoms with Crippen LogP contribution in [-0.2, 0) is 11.2 Å². The lowest BCUT2D eigenvalue weighted by molar-refractivity contribution is -0.141. The molecule has 6 nitrogen and oxygen atoms in total. The highest BCUT2D eigenvalue weighted by Gasteiger charge is 2.37. The van der Waals surface area contributed by atoms with Crippen LogP contribution in [0.3, 0.4) is 0 Å². The summed E-state index contributed by atoms with van der Waals surface area (Å²) in [7, 11) is 1.56. The molecule has 8 heteroatoms. The third-order valence-corrected chi connectivity index (χ3v) is 7.97. The van der Waals surface area contributed by atoms with Gasteiger partial charge in [-0.2, -0.15) is 0 Å². The molecule has 1 fully saturated rings. The maximum atomic E-state index is 15.7. The van der Waals surface area contributed by atoms with Crippen LogP contribution < -0.4 is 4.74 Å². The second-order valence-electron chi connectivity index (χ2n) is 10.1. The zero-order valence-electron chi connectivity index (χ0n) is 21.3. The van der Waals surface area contributed by atoms with Crippen molar-refractivity contribution in [3.8, 4) is 5.75 Å². The van der Waals surface area contributed by atoms with Crippen molar-refractivity contribution in [2.45, 2.75) is 57.5 Å². The monoisotopic (exact) mass is 527 g/mol. The molecular formula is C29H35ClFN3O3. The average molecular weight is 528 g/mol. The van der Waals surface area contributed by atoms with Crippen LogP contribution in [0.4, 0.5) is 4.39 Å². The Bertz CT molecular complexity index is 1190. The third kappa shape index (κ3) is 7.17. The summed E-state index contributed by atoms with van der Waals surface area (Å²) in [5.41, 5.74) is 1.90. The highest BCUT2D eigenvalue weighted by Crippen LogP contribution is 2.44. The molecule has 0 aliphatic carbocycles. The van der Waals surface area contributed by atoms with E-state index in [2.05, 4.69) is 20.9 Å². The number of hydrogen-bond acceptors (Lipinski definition) is 5. The van der Waals surface area contributed by atoms with Crippen molar-refractivity contribution in [2.24, 2.45) is 5.41 Å². The summed E-state index contributed by atoms with van der Waals surface area (Å²) >= 11 is 6.41. The van der Waals surface area contributed by atoms with Gasteiger partial charge in [0.05, 0.1) is 24.1 Å². The molecule has 37 heavy (non-hydrogen) atoms. The quantitative estimate of drug-likeness (QED) is 0.265. The molecule has 0 spiro atoms. The van der Waals surface area contributed by atoms with Gasteiger partial charge in [0.1, 0.15) is 11.9 Å². The smallest absolute Gasteiger partial charge is 0.303 e. The number of benzene rings is 1. The number of fused-ring (bicyclic) bond motifs is 1. The number of carboxylic acid groups (broad SMARTS) is 1. The number of aliphatic carboxylic acids is 1. The SMILES string of the molecule is COc1ccc2ncc(Cl)c([C@@H](F)CCC3(CC(=O)O)CCN(CCCCc4cccnc4)CC3)c2c1. The molecule has 1 N–H and O–H groups in total. The Morgan fingerprint density at radius 1 is 1.24 bits per heavy atom. The molecule has 0 bridgehead atoms. The molecule has 4 rings (SSSR count). The number of unbranched alkanes of at least 4 members (excludes halogenated alkanes) is 1. The molecule has 1 aliphatic rings. The van der Waals surface area contributed by atoms with Crippen molar-refractivity contribution in [3.63, 3.8) is 0 Å². The maximum absolute atomic E-state index is 15.7. The number of likely N-dealkylation sites (tertiary alicyclic amines) is 1. The number of nitrogens with zero attached hydrogens (tertiary/aromatic N) is 3. The molecule has 1 atom stereocenters. The van der Waals surface area contributed by atoms with E-state index >= 15 is 4.39 Å². The minimum atomic E-state index is -1.32. The first-order chi connectivity index (χ1) is 17.9. The van der Waals surface area contributed by atoms with Crippen molar-refractivity contribution in [3.05, 3.63) is 65.1 Å². The van der Waals surface area contributed by atoms with Crippen molar-refractivity contribution in [2.75, 3.05) is 26.7 Å². The molecule has 0 amide bonds. The van der Waals surface area contributed by atoms with Crippen LogP contribution in [0.5, 0.6) is 5.75 Å².